The fourth-order valence-electron chi connectivity index (χ4n) is 2.57. The first kappa shape index (κ1) is 19.1. The standard InChI is InChI=1S/C21H19BrN2O3/c1-14-18(11-10-16(23-14)13-26-2)21(25)24-15-6-5-7-17(12-15)27-20-9-4-3-8-19(20)22/h3-12H,13H2,1-2H3,(H,24,25). The molecule has 0 radical (unpaired) electrons. The Morgan fingerprint density at radius 3 is 2.67 bits per heavy atom. The Morgan fingerprint density at radius 1 is 1.11 bits per heavy atom. The molecule has 0 aliphatic carbocycles. The van der Waals surface area contributed by atoms with Crippen LogP contribution in [0, 0.1) is 6.92 Å². The lowest BCUT2D eigenvalue weighted by Crippen LogP contribution is -2.14. The van der Waals surface area contributed by atoms with Crippen LogP contribution < -0.4 is 10.1 Å². The monoisotopic (exact) mass is 426 g/mol. The number of para-hydroxylation sites is 1. The van der Waals surface area contributed by atoms with Gasteiger partial charge < -0.3 is 14.8 Å². The Labute approximate surface area is 166 Å². The quantitative estimate of drug-likeness (QED) is 0.577. The number of aryl methyl sites for hydroxylation is 1. The molecule has 3 aromatic rings. The molecule has 27 heavy (non-hydrogen) atoms. The van der Waals surface area contributed by atoms with E-state index in [-0.39, 0.29) is 5.91 Å². The van der Waals surface area contributed by atoms with Gasteiger partial charge in [0.1, 0.15) is 11.5 Å². The fraction of sp³-hybridized carbons (Fsp3) is 0.143. The van der Waals surface area contributed by atoms with E-state index in [2.05, 4.69) is 26.2 Å². The second-order valence-corrected chi connectivity index (χ2v) is 6.74. The van der Waals surface area contributed by atoms with E-state index in [0.717, 1.165) is 10.2 Å². The Kier molecular flexibility index (Phi) is 6.21. The summed E-state index contributed by atoms with van der Waals surface area (Å²) in [5.74, 6) is 1.11. The van der Waals surface area contributed by atoms with E-state index in [1.165, 1.54) is 0 Å². The van der Waals surface area contributed by atoms with Crippen molar-refractivity contribution in [3.05, 3.63) is 82.1 Å². The van der Waals surface area contributed by atoms with Gasteiger partial charge in [-0.05, 0) is 59.3 Å². The van der Waals surface area contributed by atoms with Crippen LogP contribution in [0.25, 0.3) is 0 Å². The van der Waals surface area contributed by atoms with Gasteiger partial charge in [-0.3, -0.25) is 9.78 Å². The number of aromatic nitrogens is 1. The van der Waals surface area contributed by atoms with Gasteiger partial charge in [-0.1, -0.05) is 18.2 Å². The zero-order valence-corrected chi connectivity index (χ0v) is 16.6. The normalized spacial score (nSPS) is 10.5. The minimum atomic E-state index is -0.220. The average Bonchev–Trinajstić information content (AvgIpc) is 2.64. The zero-order valence-electron chi connectivity index (χ0n) is 15.0. The van der Waals surface area contributed by atoms with Crippen LogP contribution in [0.5, 0.6) is 11.5 Å². The molecule has 0 aliphatic rings. The molecule has 3 rings (SSSR count). The van der Waals surface area contributed by atoms with E-state index in [4.69, 9.17) is 9.47 Å². The van der Waals surface area contributed by atoms with Crippen molar-refractivity contribution in [3.63, 3.8) is 0 Å². The van der Waals surface area contributed by atoms with Crippen molar-refractivity contribution in [1.29, 1.82) is 0 Å². The number of pyridine rings is 1. The molecule has 0 saturated carbocycles. The van der Waals surface area contributed by atoms with Gasteiger partial charge in [0.25, 0.3) is 5.91 Å². The number of nitrogens with one attached hydrogen (secondary N) is 1. The van der Waals surface area contributed by atoms with Crippen molar-refractivity contribution < 1.29 is 14.3 Å². The highest BCUT2D eigenvalue weighted by Crippen LogP contribution is 2.30. The maximum atomic E-state index is 12.6. The number of benzene rings is 2. The summed E-state index contributed by atoms with van der Waals surface area (Å²) in [5.41, 5.74) is 2.61. The second-order valence-electron chi connectivity index (χ2n) is 5.88. The highest BCUT2D eigenvalue weighted by atomic mass is 79.9. The lowest BCUT2D eigenvalue weighted by atomic mass is 10.1. The number of carbonyl (C=O) groups excluding carboxylic acids is 1. The third-order valence-corrected chi connectivity index (χ3v) is 4.49. The molecule has 1 N–H and O–H groups in total. The van der Waals surface area contributed by atoms with Gasteiger partial charge >= 0.3 is 0 Å². The summed E-state index contributed by atoms with van der Waals surface area (Å²) < 4.78 is 11.8. The highest BCUT2D eigenvalue weighted by Gasteiger charge is 2.12. The van der Waals surface area contributed by atoms with E-state index in [9.17, 15) is 4.79 Å². The maximum Gasteiger partial charge on any atom is 0.257 e. The molecule has 6 heteroatoms. The Bertz CT molecular complexity index is 960. The number of anilines is 1. The molecule has 1 amide bonds. The highest BCUT2D eigenvalue weighted by molar-refractivity contribution is 9.10. The van der Waals surface area contributed by atoms with Crippen LogP contribution in [0.3, 0.4) is 0 Å². The predicted molar refractivity (Wildman–Crippen MR) is 108 cm³/mol. The van der Waals surface area contributed by atoms with Gasteiger partial charge in [-0.15, -0.1) is 0 Å². The number of carbonyl (C=O) groups is 1. The molecular weight excluding hydrogens is 408 g/mol. The van der Waals surface area contributed by atoms with Crippen LogP contribution >= 0.6 is 15.9 Å². The molecule has 0 bridgehead atoms. The molecular formula is C21H19BrN2O3. The largest absolute Gasteiger partial charge is 0.456 e. The summed E-state index contributed by atoms with van der Waals surface area (Å²) in [7, 11) is 1.61. The van der Waals surface area contributed by atoms with Crippen molar-refractivity contribution in [1.82, 2.24) is 4.98 Å². The number of hydrogen-bond acceptors (Lipinski definition) is 4. The summed E-state index contributed by atoms with van der Waals surface area (Å²) >= 11 is 3.46. The molecule has 0 aliphatic heterocycles. The zero-order chi connectivity index (χ0) is 19.2. The molecule has 5 nitrogen and oxygen atoms in total. The Morgan fingerprint density at radius 2 is 1.93 bits per heavy atom. The van der Waals surface area contributed by atoms with Crippen molar-refractivity contribution in [3.8, 4) is 11.5 Å². The maximum absolute atomic E-state index is 12.6. The van der Waals surface area contributed by atoms with E-state index in [1.807, 2.05) is 42.5 Å². The topological polar surface area (TPSA) is 60.5 Å². The third kappa shape index (κ3) is 4.93. The molecule has 1 aromatic heterocycles. The number of hydrogen-bond donors (Lipinski definition) is 1. The number of methoxy groups -OCH3 is 1. The number of ether oxygens (including phenoxy) is 2. The van der Waals surface area contributed by atoms with Crippen molar-refractivity contribution in [2.45, 2.75) is 13.5 Å². The van der Waals surface area contributed by atoms with E-state index in [0.29, 0.717) is 35.1 Å². The minimum Gasteiger partial charge on any atom is -0.456 e. The second kappa shape index (κ2) is 8.79. The smallest absolute Gasteiger partial charge is 0.257 e. The van der Waals surface area contributed by atoms with Gasteiger partial charge in [0, 0.05) is 18.9 Å². The summed E-state index contributed by atoms with van der Waals surface area (Å²) in [6.45, 7) is 2.22. The fourth-order valence-corrected chi connectivity index (χ4v) is 2.94. The van der Waals surface area contributed by atoms with Crippen LogP contribution in [0.15, 0.2) is 65.1 Å². The Hall–Kier alpha value is -2.70. The molecule has 0 unspecified atom stereocenters. The van der Waals surface area contributed by atoms with E-state index >= 15 is 0 Å². The van der Waals surface area contributed by atoms with E-state index in [1.54, 1.807) is 32.2 Å². The van der Waals surface area contributed by atoms with Crippen LogP contribution in [0.4, 0.5) is 5.69 Å². The predicted octanol–water partition coefficient (Wildman–Crippen LogP) is 5.34. The first-order chi connectivity index (χ1) is 13.1. The van der Waals surface area contributed by atoms with Crippen LogP contribution in [-0.2, 0) is 11.3 Å². The van der Waals surface area contributed by atoms with Crippen molar-refractivity contribution in [2.75, 3.05) is 12.4 Å². The molecule has 0 spiro atoms. The van der Waals surface area contributed by atoms with Crippen LogP contribution in [0.1, 0.15) is 21.7 Å². The first-order valence-electron chi connectivity index (χ1n) is 8.36. The molecule has 0 fully saturated rings. The molecule has 0 saturated heterocycles. The lowest BCUT2D eigenvalue weighted by Gasteiger charge is -2.11. The van der Waals surface area contributed by atoms with Crippen LogP contribution in [-0.4, -0.2) is 18.0 Å². The number of rotatable bonds is 6. The third-order valence-electron chi connectivity index (χ3n) is 3.84. The molecule has 0 atom stereocenters. The summed E-state index contributed by atoms with van der Waals surface area (Å²) in [5, 5.41) is 2.89. The average molecular weight is 427 g/mol. The number of nitrogens with zero attached hydrogens (tertiary/aromatic N) is 1. The van der Waals surface area contributed by atoms with Gasteiger partial charge in [-0.2, -0.15) is 0 Å². The SMILES string of the molecule is COCc1ccc(C(=O)Nc2cccc(Oc3ccccc3Br)c2)c(C)n1. The van der Waals surface area contributed by atoms with Crippen LogP contribution in [0.2, 0.25) is 0 Å². The summed E-state index contributed by atoms with van der Waals surface area (Å²) in [6, 6.07) is 18.4. The first-order valence-corrected chi connectivity index (χ1v) is 9.15. The Balaban J connectivity index is 1.74. The molecule has 2 aromatic carbocycles. The van der Waals surface area contributed by atoms with Crippen molar-refractivity contribution in [2.24, 2.45) is 0 Å². The van der Waals surface area contributed by atoms with Crippen molar-refractivity contribution >= 4 is 27.5 Å². The number of halogens is 1. The van der Waals surface area contributed by atoms with Gasteiger partial charge in [0.2, 0.25) is 0 Å². The van der Waals surface area contributed by atoms with Gasteiger partial charge in [0.05, 0.1) is 28.0 Å². The van der Waals surface area contributed by atoms with Gasteiger partial charge in [-0.25, -0.2) is 0 Å². The molecule has 1 heterocycles. The summed E-state index contributed by atoms with van der Waals surface area (Å²) in [4.78, 5) is 17.0. The van der Waals surface area contributed by atoms with E-state index < -0.39 is 0 Å². The molecule has 138 valence electrons. The number of amides is 1. The lowest BCUT2D eigenvalue weighted by molar-refractivity contribution is 0.102. The van der Waals surface area contributed by atoms with Gasteiger partial charge in [0.15, 0.2) is 0 Å². The summed E-state index contributed by atoms with van der Waals surface area (Å²) in [6.07, 6.45) is 0. The minimum absolute atomic E-state index is 0.220.